The Hall–Kier alpha value is -0.640. The minimum atomic E-state index is -0.963. The number of carbonyl (C=O) groups is 1. The van der Waals surface area contributed by atoms with Crippen molar-refractivity contribution in [1.82, 2.24) is 10.2 Å². The second-order valence-corrected chi connectivity index (χ2v) is 10.6. The standard InChI is InChI=1S/C22H35FN2O/c1-21-11-10-16-14(15(21)7-8-18(21)24-13-4-5-13)6-9-19-22(16,2)17(23)12-20(26)25(19)3/h13-19,24H,4-12H2,1-3H3/t14-,15-,16+,17?,18?,19?,21-,22-/m0/s1. The van der Waals surface area contributed by atoms with Gasteiger partial charge in [0.05, 0.1) is 6.42 Å². The number of alkyl halides is 1. The van der Waals surface area contributed by atoms with Crippen LogP contribution >= 0.6 is 0 Å². The molecule has 5 aliphatic rings. The first kappa shape index (κ1) is 17.5. The molecule has 0 radical (unpaired) electrons. The van der Waals surface area contributed by atoms with Gasteiger partial charge in [0.15, 0.2) is 0 Å². The molecule has 1 aliphatic heterocycles. The summed E-state index contributed by atoms with van der Waals surface area (Å²) in [6.07, 6.45) is 9.02. The van der Waals surface area contributed by atoms with E-state index in [0.717, 1.165) is 24.8 Å². The molecule has 3 nitrogen and oxygen atoms in total. The lowest BCUT2D eigenvalue weighted by Crippen LogP contribution is -2.65. The predicted molar refractivity (Wildman–Crippen MR) is 100 cm³/mol. The van der Waals surface area contributed by atoms with Crippen LogP contribution in [0.3, 0.4) is 0 Å². The lowest BCUT2D eigenvalue weighted by atomic mass is 9.47. The molecule has 1 saturated heterocycles. The van der Waals surface area contributed by atoms with Gasteiger partial charge >= 0.3 is 0 Å². The molecule has 1 heterocycles. The van der Waals surface area contributed by atoms with Gasteiger partial charge in [0.25, 0.3) is 0 Å². The number of amides is 1. The Bertz CT molecular complexity index is 607. The van der Waals surface area contributed by atoms with Crippen LogP contribution < -0.4 is 5.32 Å². The second kappa shape index (κ2) is 5.68. The number of hydrogen-bond donors (Lipinski definition) is 1. The third-order valence-electron chi connectivity index (χ3n) is 9.63. The van der Waals surface area contributed by atoms with Crippen molar-refractivity contribution in [2.24, 2.45) is 28.6 Å². The molecule has 0 aromatic rings. The average molecular weight is 363 g/mol. The highest BCUT2D eigenvalue weighted by Gasteiger charge is 2.64. The van der Waals surface area contributed by atoms with Crippen LogP contribution in [0.5, 0.6) is 0 Å². The zero-order valence-corrected chi connectivity index (χ0v) is 16.6. The van der Waals surface area contributed by atoms with E-state index in [9.17, 15) is 4.79 Å². The van der Waals surface area contributed by atoms with E-state index in [2.05, 4.69) is 19.2 Å². The number of piperidine rings is 1. The summed E-state index contributed by atoms with van der Waals surface area (Å²) in [7, 11) is 1.91. The zero-order chi connectivity index (χ0) is 18.3. The summed E-state index contributed by atoms with van der Waals surface area (Å²) in [6, 6.07) is 1.55. The summed E-state index contributed by atoms with van der Waals surface area (Å²) in [5.74, 6) is 1.85. The van der Waals surface area contributed by atoms with Gasteiger partial charge in [-0.3, -0.25) is 4.79 Å². The molecule has 4 aliphatic carbocycles. The molecule has 1 amide bonds. The highest BCUT2D eigenvalue weighted by atomic mass is 19.1. The summed E-state index contributed by atoms with van der Waals surface area (Å²) in [4.78, 5) is 14.1. The predicted octanol–water partition coefficient (Wildman–Crippen LogP) is 3.92. The molecule has 146 valence electrons. The molecule has 8 atom stereocenters. The molecule has 0 aromatic carbocycles. The number of likely N-dealkylation sites (tertiary alicyclic amines) is 1. The summed E-state index contributed by atoms with van der Waals surface area (Å²) < 4.78 is 15.3. The Kier molecular flexibility index (Phi) is 3.82. The Morgan fingerprint density at radius 3 is 2.54 bits per heavy atom. The van der Waals surface area contributed by atoms with Gasteiger partial charge in [0, 0.05) is 30.6 Å². The minimum absolute atomic E-state index is 0.00800. The smallest absolute Gasteiger partial charge is 0.225 e. The summed E-state index contributed by atoms with van der Waals surface area (Å²) in [5.41, 5.74) is 0.0596. The van der Waals surface area contributed by atoms with Crippen LogP contribution in [0.4, 0.5) is 4.39 Å². The van der Waals surface area contributed by atoms with Crippen molar-refractivity contribution in [2.45, 2.75) is 95.9 Å². The van der Waals surface area contributed by atoms with Crippen LogP contribution in [0, 0.1) is 28.6 Å². The number of rotatable bonds is 2. The van der Waals surface area contributed by atoms with Crippen LogP contribution in [-0.2, 0) is 4.79 Å². The molecule has 0 aromatic heterocycles. The van der Waals surface area contributed by atoms with Crippen molar-refractivity contribution in [2.75, 3.05) is 7.05 Å². The summed E-state index contributed by atoms with van der Waals surface area (Å²) in [5, 5.41) is 3.95. The summed E-state index contributed by atoms with van der Waals surface area (Å²) >= 11 is 0. The molecule has 0 spiro atoms. The number of hydrogen-bond acceptors (Lipinski definition) is 2. The van der Waals surface area contributed by atoms with E-state index in [4.69, 9.17) is 0 Å². The van der Waals surface area contributed by atoms with Crippen molar-refractivity contribution in [3.8, 4) is 0 Å². The van der Waals surface area contributed by atoms with Gasteiger partial charge in [-0.2, -0.15) is 0 Å². The maximum Gasteiger partial charge on any atom is 0.225 e. The third kappa shape index (κ3) is 2.23. The maximum atomic E-state index is 15.3. The van der Waals surface area contributed by atoms with E-state index in [1.807, 2.05) is 11.9 Å². The van der Waals surface area contributed by atoms with E-state index < -0.39 is 6.17 Å². The highest BCUT2D eigenvalue weighted by Crippen LogP contribution is 2.65. The van der Waals surface area contributed by atoms with Crippen molar-refractivity contribution in [3.05, 3.63) is 0 Å². The Morgan fingerprint density at radius 2 is 1.81 bits per heavy atom. The molecule has 4 saturated carbocycles. The fourth-order valence-electron chi connectivity index (χ4n) is 7.92. The molecule has 1 N–H and O–H groups in total. The highest BCUT2D eigenvalue weighted by molar-refractivity contribution is 5.78. The molecule has 5 rings (SSSR count). The van der Waals surface area contributed by atoms with E-state index in [-0.39, 0.29) is 23.8 Å². The summed E-state index contributed by atoms with van der Waals surface area (Å²) in [6.45, 7) is 4.71. The number of halogens is 1. The first-order valence-corrected chi connectivity index (χ1v) is 11.0. The van der Waals surface area contributed by atoms with Crippen molar-refractivity contribution in [1.29, 1.82) is 0 Å². The number of fused-ring (bicyclic) bond motifs is 5. The maximum absolute atomic E-state index is 15.3. The first-order chi connectivity index (χ1) is 12.4. The van der Waals surface area contributed by atoms with Gasteiger partial charge in [-0.1, -0.05) is 13.8 Å². The lowest BCUT2D eigenvalue weighted by molar-refractivity contribution is -0.173. The van der Waals surface area contributed by atoms with Crippen molar-refractivity contribution < 1.29 is 9.18 Å². The molecule has 0 bridgehead atoms. The largest absolute Gasteiger partial charge is 0.342 e. The zero-order valence-electron chi connectivity index (χ0n) is 16.6. The molecule has 26 heavy (non-hydrogen) atoms. The van der Waals surface area contributed by atoms with Gasteiger partial charge in [-0.05, 0) is 74.5 Å². The van der Waals surface area contributed by atoms with E-state index in [1.54, 1.807) is 0 Å². The molecule has 4 heteroatoms. The first-order valence-electron chi connectivity index (χ1n) is 11.0. The molecular weight excluding hydrogens is 327 g/mol. The second-order valence-electron chi connectivity index (χ2n) is 10.6. The van der Waals surface area contributed by atoms with Gasteiger partial charge in [-0.15, -0.1) is 0 Å². The average Bonchev–Trinajstić information content (AvgIpc) is 3.36. The number of carbonyl (C=O) groups excluding carboxylic acids is 1. The monoisotopic (exact) mass is 362 g/mol. The number of nitrogens with zero attached hydrogens (tertiary/aromatic N) is 1. The van der Waals surface area contributed by atoms with E-state index >= 15 is 4.39 Å². The Labute approximate surface area is 157 Å². The van der Waals surface area contributed by atoms with Crippen LogP contribution in [0.15, 0.2) is 0 Å². The third-order valence-corrected chi connectivity index (χ3v) is 9.63. The minimum Gasteiger partial charge on any atom is -0.342 e. The van der Waals surface area contributed by atoms with Crippen LogP contribution in [0.1, 0.15) is 71.6 Å². The van der Waals surface area contributed by atoms with Gasteiger partial charge < -0.3 is 10.2 Å². The van der Waals surface area contributed by atoms with Gasteiger partial charge in [0.1, 0.15) is 6.17 Å². The Balaban J connectivity index is 1.43. The van der Waals surface area contributed by atoms with Crippen LogP contribution in [0.2, 0.25) is 0 Å². The number of nitrogens with one attached hydrogen (secondary N) is 1. The normalized spacial score (nSPS) is 53.8. The van der Waals surface area contributed by atoms with Crippen LogP contribution in [-0.4, -0.2) is 42.2 Å². The van der Waals surface area contributed by atoms with Gasteiger partial charge in [-0.25, -0.2) is 4.39 Å². The van der Waals surface area contributed by atoms with Crippen molar-refractivity contribution in [3.63, 3.8) is 0 Å². The molecule has 3 unspecified atom stereocenters. The molecule has 5 fully saturated rings. The fourth-order valence-corrected chi connectivity index (χ4v) is 7.92. The molecular formula is C22H35FN2O. The van der Waals surface area contributed by atoms with Gasteiger partial charge in [0.2, 0.25) is 5.91 Å². The van der Waals surface area contributed by atoms with Crippen LogP contribution in [0.25, 0.3) is 0 Å². The quantitative estimate of drug-likeness (QED) is 0.807. The lowest BCUT2D eigenvalue weighted by Gasteiger charge is -2.62. The fraction of sp³-hybridized carbons (Fsp3) is 0.955. The SMILES string of the molecule is CN1C(=O)CC(F)[C@@]2(C)C1CC[C@@H]1[C@H]2CC[C@]2(C)C(NC3CC3)CC[C@@H]12. The van der Waals surface area contributed by atoms with E-state index in [0.29, 0.717) is 23.3 Å². The Morgan fingerprint density at radius 1 is 1.04 bits per heavy atom. The van der Waals surface area contributed by atoms with Crippen molar-refractivity contribution >= 4 is 5.91 Å². The van der Waals surface area contributed by atoms with E-state index in [1.165, 1.54) is 38.5 Å². The topological polar surface area (TPSA) is 32.3 Å².